The van der Waals surface area contributed by atoms with Crippen LogP contribution in [0, 0.1) is 11.6 Å². The molecule has 2 aromatic rings. The molecule has 0 spiro atoms. The SMILES string of the molecule is COc1cc(/C=C/C(=O)OCC(=O)Nc2ccc(F)c(F)c2)cc(OC)c1. The van der Waals surface area contributed by atoms with Gasteiger partial charge in [-0.2, -0.15) is 0 Å². The molecule has 1 N–H and O–H groups in total. The van der Waals surface area contributed by atoms with Crippen LogP contribution >= 0.6 is 0 Å². The molecule has 1 amide bonds. The number of esters is 1. The number of carbonyl (C=O) groups is 2. The molecule has 0 saturated heterocycles. The summed E-state index contributed by atoms with van der Waals surface area (Å²) in [6.45, 7) is -0.580. The van der Waals surface area contributed by atoms with Crippen molar-refractivity contribution in [2.24, 2.45) is 0 Å². The Bertz CT molecular complexity index is 845. The van der Waals surface area contributed by atoms with Crippen molar-refractivity contribution in [1.29, 1.82) is 0 Å². The average molecular weight is 377 g/mol. The van der Waals surface area contributed by atoms with E-state index >= 15 is 0 Å². The van der Waals surface area contributed by atoms with E-state index in [0.717, 1.165) is 18.2 Å². The van der Waals surface area contributed by atoms with E-state index < -0.39 is 30.1 Å². The van der Waals surface area contributed by atoms with E-state index in [0.29, 0.717) is 17.1 Å². The van der Waals surface area contributed by atoms with Gasteiger partial charge in [0, 0.05) is 23.9 Å². The third kappa shape index (κ3) is 6.10. The Hall–Kier alpha value is -3.42. The van der Waals surface area contributed by atoms with Crippen molar-refractivity contribution in [3.63, 3.8) is 0 Å². The number of nitrogens with one attached hydrogen (secondary N) is 1. The number of hydrogen-bond acceptors (Lipinski definition) is 5. The van der Waals surface area contributed by atoms with Crippen LogP contribution in [-0.2, 0) is 14.3 Å². The molecule has 6 nitrogen and oxygen atoms in total. The third-order valence-corrected chi connectivity index (χ3v) is 3.33. The van der Waals surface area contributed by atoms with Crippen LogP contribution in [-0.4, -0.2) is 32.7 Å². The summed E-state index contributed by atoms with van der Waals surface area (Å²) in [5, 5.41) is 2.29. The molecule has 0 bridgehead atoms. The minimum Gasteiger partial charge on any atom is -0.497 e. The average Bonchev–Trinajstić information content (AvgIpc) is 2.67. The first-order valence-electron chi connectivity index (χ1n) is 7.74. The number of halogens is 2. The lowest BCUT2D eigenvalue weighted by Gasteiger charge is -2.06. The molecule has 0 aliphatic heterocycles. The van der Waals surface area contributed by atoms with Crippen LogP contribution in [0.2, 0.25) is 0 Å². The molecule has 0 saturated carbocycles. The molecule has 0 radical (unpaired) electrons. The molecule has 0 atom stereocenters. The first-order valence-corrected chi connectivity index (χ1v) is 7.74. The Morgan fingerprint density at radius 3 is 2.26 bits per heavy atom. The van der Waals surface area contributed by atoms with Crippen molar-refractivity contribution in [3.8, 4) is 11.5 Å². The van der Waals surface area contributed by atoms with Crippen LogP contribution in [0.5, 0.6) is 11.5 Å². The zero-order valence-electron chi connectivity index (χ0n) is 14.6. The maximum absolute atomic E-state index is 13.1. The number of methoxy groups -OCH3 is 2. The van der Waals surface area contributed by atoms with Gasteiger partial charge in [0.2, 0.25) is 0 Å². The lowest BCUT2D eigenvalue weighted by molar-refractivity contribution is -0.142. The highest BCUT2D eigenvalue weighted by Crippen LogP contribution is 2.23. The number of hydrogen-bond donors (Lipinski definition) is 1. The van der Waals surface area contributed by atoms with Crippen LogP contribution < -0.4 is 14.8 Å². The molecule has 2 rings (SSSR count). The summed E-state index contributed by atoms with van der Waals surface area (Å²) in [6.07, 6.45) is 2.61. The molecule has 0 unspecified atom stereocenters. The standard InChI is InChI=1S/C19H17F2NO5/c1-25-14-7-12(8-15(10-14)26-2)3-6-19(24)27-11-18(23)22-13-4-5-16(20)17(21)9-13/h3-10H,11H2,1-2H3,(H,22,23)/b6-3+. The van der Waals surface area contributed by atoms with Crippen molar-refractivity contribution in [2.75, 3.05) is 26.1 Å². The Labute approximate surface area is 154 Å². The summed E-state index contributed by atoms with van der Waals surface area (Å²) in [7, 11) is 3.00. The molecule has 2 aromatic carbocycles. The number of carbonyl (C=O) groups excluding carboxylic acids is 2. The van der Waals surface area contributed by atoms with Crippen LogP contribution in [0.4, 0.5) is 14.5 Å². The molecular formula is C19H17F2NO5. The van der Waals surface area contributed by atoms with Gasteiger partial charge in [-0.1, -0.05) is 0 Å². The fraction of sp³-hybridized carbons (Fsp3) is 0.158. The van der Waals surface area contributed by atoms with Crippen LogP contribution in [0.15, 0.2) is 42.5 Å². The second kappa shape index (κ2) is 9.33. The maximum atomic E-state index is 13.1. The van der Waals surface area contributed by atoms with Gasteiger partial charge in [-0.15, -0.1) is 0 Å². The first-order chi connectivity index (χ1) is 12.9. The zero-order chi connectivity index (χ0) is 19.8. The highest BCUT2D eigenvalue weighted by molar-refractivity contribution is 5.94. The van der Waals surface area contributed by atoms with E-state index in [9.17, 15) is 18.4 Å². The maximum Gasteiger partial charge on any atom is 0.331 e. The van der Waals surface area contributed by atoms with Gasteiger partial charge in [-0.05, 0) is 35.9 Å². The van der Waals surface area contributed by atoms with Crippen molar-refractivity contribution in [3.05, 3.63) is 59.7 Å². The van der Waals surface area contributed by atoms with Crippen LogP contribution in [0.1, 0.15) is 5.56 Å². The van der Waals surface area contributed by atoms with Gasteiger partial charge in [0.15, 0.2) is 18.2 Å². The van der Waals surface area contributed by atoms with Gasteiger partial charge in [0.25, 0.3) is 5.91 Å². The molecule has 27 heavy (non-hydrogen) atoms. The predicted octanol–water partition coefficient (Wildman–Crippen LogP) is 3.18. The monoisotopic (exact) mass is 377 g/mol. The topological polar surface area (TPSA) is 73.9 Å². The predicted molar refractivity (Wildman–Crippen MR) is 94.5 cm³/mol. The summed E-state index contributed by atoms with van der Waals surface area (Å²) in [6, 6.07) is 7.93. The fourth-order valence-electron chi connectivity index (χ4n) is 2.05. The van der Waals surface area contributed by atoms with Crippen LogP contribution in [0.25, 0.3) is 6.08 Å². The van der Waals surface area contributed by atoms with Gasteiger partial charge in [-0.25, -0.2) is 13.6 Å². The summed E-state index contributed by atoms with van der Waals surface area (Å²) >= 11 is 0. The quantitative estimate of drug-likeness (QED) is 0.593. The molecule has 0 aliphatic rings. The largest absolute Gasteiger partial charge is 0.497 e. The normalized spacial score (nSPS) is 10.5. The van der Waals surface area contributed by atoms with Gasteiger partial charge < -0.3 is 19.5 Å². The lowest BCUT2D eigenvalue weighted by Crippen LogP contribution is -2.20. The minimum atomic E-state index is -1.10. The molecule has 0 aliphatic carbocycles. The molecule has 142 valence electrons. The highest BCUT2D eigenvalue weighted by atomic mass is 19.2. The third-order valence-electron chi connectivity index (χ3n) is 3.33. The Balaban J connectivity index is 1.89. The number of benzene rings is 2. The molecule has 0 aromatic heterocycles. The number of ether oxygens (including phenoxy) is 3. The Kier molecular flexibility index (Phi) is 6.87. The molecule has 0 fully saturated rings. The molecule has 8 heteroatoms. The number of amides is 1. The van der Waals surface area contributed by atoms with Crippen molar-refractivity contribution in [2.45, 2.75) is 0 Å². The van der Waals surface area contributed by atoms with Gasteiger partial charge in [0.1, 0.15) is 11.5 Å². The summed E-state index contributed by atoms with van der Waals surface area (Å²) < 4.78 is 40.9. The van der Waals surface area contributed by atoms with E-state index in [1.54, 1.807) is 18.2 Å². The Morgan fingerprint density at radius 1 is 1.00 bits per heavy atom. The fourth-order valence-corrected chi connectivity index (χ4v) is 2.05. The van der Waals surface area contributed by atoms with Crippen molar-refractivity contribution < 1.29 is 32.6 Å². The van der Waals surface area contributed by atoms with E-state index in [1.165, 1.54) is 26.4 Å². The first kappa shape index (κ1) is 19.9. The van der Waals surface area contributed by atoms with Crippen molar-refractivity contribution >= 4 is 23.6 Å². The van der Waals surface area contributed by atoms with E-state index in [-0.39, 0.29) is 5.69 Å². The lowest BCUT2D eigenvalue weighted by atomic mass is 10.2. The van der Waals surface area contributed by atoms with E-state index in [2.05, 4.69) is 5.32 Å². The minimum absolute atomic E-state index is 0.0500. The summed E-state index contributed by atoms with van der Waals surface area (Å²) in [5.41, 5.74) is 0.684. The smallest absolute Gasteiger partial charge is 0.331 e. The number of rotatable bonds is 7. The second-order valence-electron chi connectivity index (χ2n) is 5.26. The molecular weight excluding hydrogens is 360 g/mol. The van der Waals surface area contributed by atoms with Crippen LogP contribution in [0.3, 0.4) is 0 Å². The zero-order valence-corrected chi connectivity index (χ0v) is 14.6. The Morgan fingerprint density at radius 2 is 1.67 bits per heavy atom. The van der Waals surface area contributed by atoms with E-state index in [1.807, 2.05) is 0 Å². The van der Waals surface area contributed by atoms with E-state index in [4.69, 9.17) is 14.2 Å². The molecule has 0 heterocycles. The van der Waals surface area contributed by atoms with Gasteiger partial charge in [0.05, 0.1) is 14.2 Å². The second-order valence-corrected chi connectivity index (χ2v) is 5.26. The highest BCUT2D eigenvalue weighted by Gasteiger charge is 2.08. The summed E-state index contributed by atoms with van der Waals surface area (Å²) in [4.78, 5) is 23.4. The van der Waals surface area contributed by atoms with Crippen molar-refractivity contribution in [1.82, 2.24) is 0 Å². The van der Waals surface area contributed by atoms with Gasteiger partial charge >= 0.3 is 5.97 Å². The number of anilines is 1. The summed E-state index contributed by atoms with van der Waals surface area (Å²) in [5.74, 6) is -2.47. The van der Waals surface area contributed by atoms with Gasteiger partial charge in [-0.3, -0.25) is 4.79 Å².